The van der Waals surface area contributed by atoms with Crippen LogP contribution in [0.3, 0.4) is 0 Å². The highest BCUT2D eigenvalue weighted by molar-refractivity contribution is 6.25. The Kier molecular flexibility index (Phi) is 7.52. The SMILES string of the molecule is COc1ccc(CN(C(=O)CCCN2C(=O)c3cccc4cccc2c34)[C@@H](C)C(=O)NC(C)(C)C)cc1. The van der Waals surface area contributed by atoms with Crippen LogP contribution in [-0.4, -0.2) is 47.9 Å². The summed E-state index contributed by atoms with van der Waals surface area (Å²) in [7, 11) is 1.60. The fourth-order valence-electron chi connectivity index (χ4n) is 4.72. The second kappa shape index (κ2) is 10.6. The van der Waals surface area contributed by atoms with Crippen molar-refractivity contribution in [3.05, 3.63) is 71.8 Å². The summed E-state index contributed by atoms with van der Waals surface area (Å²) in [6.45, 7) is 8.23. The van der Waals surface area contributed by atoms with Gasteiger partial charge in [0.2, 0.25) is 11.8 Å². The van der Waals surface area contributed by atoms with Crippen LogP contribution in [0.5, 0.6) is 5.75 Å². The third-order valence-corrected chi connectivity index (χ3v) is 6.60. The minimum absolute atomic E-state index is 0.0349. The molecule has 194 valence electrons. The number of nitrogens with zero attached hydrogens (tertiary/aromatic N) is 2. The summed E-state index contributed by atoms with van der Waals surface area (Å²) in [4.78, 5) is 42.9. The number of amides is 3. The zero-order valence-corrected chi connectivity index (χ0v) is 22.2. The summed E-state index contributed by atoms with van der Waals surface area (Å²) in [5.41, 5.74) is 2.08. The number of anilines is 1. The van der Waals surface area contributed by atoms with Gasteiger partial charge in [0.05, 0.1) is 12.8 Å². The number of nitrogens with one attached hydrogen (secondary N) is 1. The maximum absolute atomic E-state index is 13.5. The zero-order chi connectivity index (χ0) is 26.7. The molecule has 1 atom stereocenters. The Morgan fingerprint density at radius 3 is 2.35 bits per heavy atom. The van der Waals surface area contributed by atoms with Crippen molar-refractivity contribution in [3.8, 4) is 5.75 Å². The van der Waals surface area contributed by atoms with E-state index in [0.717, 1.165) is 27.8 Å². The summed E-state index contributed by atoms with van der Waals surface area (Å²) in [6.07, 6.45) is 0.709. The van der Waals surface area contributed by atoms with Gasteiger partial charge in [-0.05, 0) is 69.3 Å². The Hall–Kier alpha value is -3.87. The molecular weight excluding hydrogens is 466 g/mol. The van der Waals surface area contributed by atoms with Crippen molar-refractivity contribution in [2.45, 2.75) is 58.7 Å². The number of rotatable bonds is 9. The molecule has 1 N–H and O–H groups in total. The van der Waals surface area contributed by atoms with Gasteiger partial charge in [0.15, 0.2) is 0 Å². The molecule has 0 spiro atoms. The van der Waals surface area contributed by atoms with Gasteiger partial charge in [0.25, 0.3) is 5.91 Å². The lowest BCUT2D eigenvalue weighted by molar-refractivity contribution is -0.141. The van der Waals surface area contributed by atoms with Gasteiger partial charge in [-0.1, -0.05) is 36.4 Å². The first kappa shape index (κ1) is 26.2. The van der Waals surface area contributed by atoms with Crippen LogP contribution in [0.15, 0.2) is 60.7 Å². The molecule has 0 radical (unpaired) electrons. The molecule has 1 aliphatic heterocycles. The van der Waals surface area contributed by atoms with E-state index in [2.05, 4.69) is 5.32 Å². The molecule has 0 saturated heterocycles. The van der Waals surface area contributed by atoms with E-state index in [1.54, 1.807) is 23.8 Å². The van der Waals surface area contributed by atoms with E-state index in [1.165, 1.54) is 0 Å². The molecule has 37 heavy (non-hydrogen) atoms. The quantitative estimate of drug-likeness (QED) is 0.451. The van der Waals surface area contributed by atoms with Gasteiger partial charge < -0.3 is 19.9 Å². The van der Waals surface area contributed by atoms with Crippen LogP contribution in [0.25, 0.3) is 10.8 Å². The Balaban J connectivity index is 1.47. The molecule has 4 rings (SSSR count). The summed E-state index contributed by atoms with van der Waals surface area (Å²) in [5, 5.41) is 4.98. The number of carbonyl (C=O) groups excluding carboxylic acids is 3. The van der Waals surface area contributed by atoms with E-state index in [4.69, 9.17) is 4.74 Å². The van der Waals surface area contributed by atoms with Crippen LogP contribution in [-0.2, 0) is 16.1 Å². The highest BCUT2D eigenvalue weighted by Gasteiger charge is 2.31. The third kappa shape index (κ3) is 5.77. The van der Waals surface area contributed by atoms with Crippen LogP contribution in [0.4, 0.5) is 5.69 Å². The molecule has 0 aromatic heterocycles. The lowest BCUT2D eigenvalue weighted by Crippen LogP contribution is -2.52. The number of benzene rings is 3. The molecule has 0 aliphatic carbocycles. The predicted molar refractivity (Wildman–Crippen MR) is 146 cm³/mol. The Bertz CT molecular complexity index is 1310. The van der Waals surface area contributed by atoms with Crippen molar-refractivity contribution in [3.63, 3.8) is 0 Å². The van der Waals surface area contributed by atoms with E-state index in [-0.39, 0.29) is 24.1 Å². The molecule has 0 fully saturated rings. The van der Waals surface area contributed by atoms with Gasteiger partial charge in [-0.3, -0.25) is 14.4 Å². The Morgan fingerprint density at radius 2 is 1.70 bits per heavy atom. The molecule has 1 heterocycles. The van der Waals surface area contributed by atoms with Crippen molar-refractivity contribution >= 4 is 34.2 Å². The molecule has 7 heteroatoms. The maximum atomic E-state index is 13.5. The van der Waals surface area contributed by atoms with Gasteiger partial charge in [-0.25, -0.2) is 0 Å². The number of ether oxygens (including phenoxy) is 1. The smallest absolute Gasteiger partial charge is 0.258 e. The summed E-state index contributed by atoms with van der Waals surface area (Å²) in [6, 6.07) is 18.5. The summed E-state index contributed by atoms with van der Waals surface area (Å²) < 4.78 is 5.24. The molecule has 3 amide bonds. The monoisotopic (exact) mass is 501 g/mol. The predicted octanol–water partition coefficient (Wildman–Crippen LogP) is 4.92. The van der Waals surface area contributed by atoms with Gasteiger partial charge in [0.1, 0.15) is 11.8 Å². The normalized spacial score (nSPS) is 13.5. The van der Waals surface area contributed by atoms with Crippen molar-refractivity contribution in [2.75, 3.05) is 18.6 Å². The van der Waals surface area contributed by atoms with Crippen LogP contribution in [0.2, 0.25) is 0 Å². The van der Waals surface area contributed by atoms with Gasteiger partial charge in [0, 0.05) is 36.0 Å². The largest absolute Gasteiger partial charge is 0.497 e. The second-order valence-corrected chi connectivity index (χ2v) is 10.5. The molecule has 3 aromatic carbocycles. The van der Waals surface area contributed by atoms with E-state index < -0.39 is 11.6 Å². The number of hydrogen-bond donors (Lipinski definition) is 1. The van der Waals surface area contributed by atoms with Crippen molar-refractivity contribution in [2.24, 2.45) is 0 Å². The first-order chi connectivity index (χ1) is 17.6. The molecule has 3 aromatic rings. The highest BCUT2D eigenvalue weighted by atomic mass is 16.5. The average molecular weight is 502 g/mol. The first-order valence-electron chi connectivity index (χ1n) is 12.7. The molecule has 0 saturated carbocycles. The van der Waals surface area contributed by atoms with Crippen LogP contribution in [0, 0.1) is 0 Å². The number of methoxy groups -OCH3 is 1. The fourth-order valence-corrected chi connectivity index (χ4v) is 4.72. The maximum Gasteiger partial charge on any atom is 0.258 e. The minimum Gasteiger partial charge on any atom is -0.497 e. The molecule has 1 aliphatic rings. The molecule has 0 bridgehead atoms. The second-order valence-electron chi connectivity index (χ2n) is 10.5. The minimum atomic E-state index is -0.653. The van der Waals surface area contributed by atoms with Crippen LogP contribution >= 0.6 is 0 Å². The molecular formula is C30H35N3O4. The Labute approximate surface area is 218 Å². The van der Waals surface area contributed by atoms with Crippen molar-refractivity contribution in [1.29, 1.82) is 0 Å². The van der Waals surface area contributed by atoms with Gasteiger partial charge >= 0.3 is 0 Å². The first-order valence-corrected chi connectivity index (χ1v) is 12.7. The van der Waals surface area contributed by atoms with E-state index in [0.29, 0.717) is 25.1 Å². The van der Waals surface area contributed by atoms with Crippen LogP contribution in [0.1, 0.15) is 56.5 Å². The number of carbonyl (C=O) groups is 3. The zero-order valence-electron chi connectivity index (χ0n) is 22.2. The van der Waals surface area contributed by atoms with E-state index >= 15 is 0 Å². The standard InChI is InChI=1S/C30H35N3O4/c1-20(28(35)31-30(2,3)4)33(19-21-14-16-23(37-5)17-15-21)26(34)13-8-18-32-25-12-7-10-22-9-6-11-24(27(22)25)29(32)36/h6-7,9-12,14-17,20H,8,13,18-19H2,1-5H3,(H,31,35)/t20-/m0/s1. The Morgan fingerprint density at radius 1 is 1.03 bits per heavy atom. The van der Waals surface area contributed by atoms with Crippen molar-refractivity contribution in [1.82, 2.24) is 10.2 Å². The fraction of sp³-hybridized carbons (Fsp3) is 0.367. The topological polar surface area (TPSA) is 79.0 Å². The third-order valence-electron chi connectivity index (χ3n) is 6.60. The lowest BCUT2D eigenvalue weighted by Gasteiger charge is -2.31. The van der Waals surface area contributed by atoms with Gasteiger partial charge in [-0.2, -0.15) is 0 Å². The molecule has 0 unspecified atom stereocenters. The average Bonchev–Trinajstić information content (AvgIpc) is 3.14. The van der Waals surface area contributed by atoms with Gasteiger partial charge in [-0.15, -0.1) is 0 Å². The van der Waals surface area contributed by atoms with E-state index in [9.17, 15) is 14.4 Å². The molecule has 7 nitrogen and oxygen atoms in total. The van der Waals surface area contributed by atoms with Crippen molar-refractivity contribution < 1.29 is 19.1 Å². The summed E-state index contributed by atoms with van der Waals surface area (Å²) in [5.74, 6) is 0.361. The number of hydrogen-bond acceptors (Lipinski definition) is 4. The van der Waals surface area contributed by atoms with E-state index in [1.807, 2.05) is 81.4 Å². The lowest BCUT2D eigenvalue weighted by atomic mass is 10.1. The van der Waals surface area contributed by atoms with Crippen LogP contribution < -0.4 is 15.0 Å². The highest BCUT2D eigenvalue weighted by Crippen LogP contribution is 2.37. The summed E-state index contributed by atoms with van der Waals surface area (Å²) >= 11 is 0.